The van der Waals surface area contributed by atoms with E-state index in [0.717, 1.165) is 51.4 Å². The van der Waals surface area contributed by atoms with Crippen LogP contribution in [0.2, 0.25) is 0 Å². The third kappa shape index (κ3) is 40.1. The van der Waals surface area contributed by atoms with Crippen molar-refractivity contribution in [3.63, 3.8) is 0 Å². The first-order chi connectivity index (χ1) is 30.1. The lowest BCUT2D eigenvalue weighted by molar-refractivity contribution is -0.887. The molecule has 0 aromatic rings. The van der Waals surface area contributed by atoms with E-state index in [4.69, 9.17) is 14.2 Å². The van der Waals surface area contributed by atoms with Crippen molar-refractivity contribution in [1.82, 2.24) is 0 Å². The average molecular weight is 853 g/mol. The highest BCUT2D eigenvalue weighted by Gasteiger charge is 2.31. The molecule has 0 saturated carbocycles. The zero-order chi connectivity index (χ0) is 45.6. The van der Waals surface area contributed by atoms with E-state index < -0.39 is 18.1 Å². The molecule has 0 aromatic heterocycles. The number of allylic oxidation sites excluding steroid dienone is 28. The third-order valence-corrected chi connectivity index (χ3v) is 8.75. The number of ether oxygens (including phenoxy) is 3. The number of hydrogen-bond donors (Lipinski definition) is 1. The minimum absolute atomic E-state index is 0.0119. The molecule has 0 heterocycles. The Balaban J connectivity index is 4.61. The van der Waals surface area contributed by atoms with Gasteiger partial charge in [0, 0.05) is 19.3 Å². The summed E-state index contributed by atoms with van der Waals surface area (Å²) in [5.74, 6) is -1.62. The van der Waals surface area contributed by atoms with Crippen molar-refractivity contribution in [1.29, 1.82) is 0 Å². The quantitative estimate of drug-likeness (QED) is 0.0290. The molecule has 2 unspecified atom stereocenters. The van der Waals surface area contributed by atoms with Crippen molar-refractivity contribution in [2.45, 2.75) is 109 Å². The number of carbonyl (C=O) groups excluding carboxylic acids is 2. The normalized spacial score (nSPS) is 14.5. The lowest BCUT2D eigenvalue weighted by Gasteiger charge is -2.31. The lowest BCUT2D eigenvalue weighted by Crippen LogP contribution is -2.50. The summed E-state index contributed by atoms with van der Waals surface area (Å²) in [6, 6.07) is -0.645. The molecule has 0 radical (unpaired) electrons. The lowest BCUT2D eigenvalue weighted by atomic mass is 10.1. The van der Waals surface area contributed by atoms with Gasteiger partial charge in [0.15, 0.2) is 12.1 Å². The topological polar surface area (TPSA) is 99.1 Å². The summed E-state index contributed by atoms with van der Waals surface area (Å²) in [6.45, 7) is 4.29. The van der Waals surface area contributed by atoms with Crippen LogP contribution >= 0.6 is 0 Å². The fourth-order valence-corrected chi connectivity index (χ4v) is 5.35. The fraction of sp³-hybridized carbons (Fsp3) is 0.426. The van der Waals surface area contributed by atoms with Gasteiger partial charge in [-0.25, -0.2) is 4.79 Å². The Kier molecular flexibility index (Phi) is 38.8. The summed E-state index contributed by atoms with van der Waals surface area (Å²) in [5.41, 5.74) is 0. The van der Waals surface area contributed by atoms with Gasteiger partial charge in [0.1, 0.15) is 6.61 Å². The third-order valence-electron chi connectivity index (χ3n) is 8.75. The first-order valence-corrected chi connectivity index (χ1v) is 22.4. The molecule has 0 fully saturated rings. The molecule has 2 atom stereocenters. The van der Waals surface area contributed by atoms with Gasteiger partial charge in [-0.05, 0) is 51.4 Å². The van der Waals surface area contributed by atoms with Crippen LogP contribution in [0.15, 0.2) is 170 Å². The van der Waals surface area contributed by atoms with Crippen LogP contribution in [-0.4, -0.2) is 80.6 Å². The zero-order valence-electron chi connectivity index (χ0n) is 38.5. The monoisotopic (exact) mass is 853 g/mol. The molecule has 340 valence electrons. The van der Waals surface area contributed by atoms with Crippen LogP contribution in [0.1, 0.15) is 97.3 Å². The van der Waals surface area contributed by atoms with Crippen molar-refractivity contribution in [3.8, 4) is 0 Å². The number of likely N-dealkylation sites (N-methyl/N-ethyl adjacent to an activating group) is 1. The van der Waals surface area contributed by atoms with Crippen LogP contribution in [0.5, 0.6) is 0 Å². The van der Waals surface area contributed by atoms with E-state index in [9.17, 15) is 19.5 Å². The predicted molar refractivity (Wildman–Crippen MR) is 260 cm³/mol. The molecule has 62 heavy (non-hydrogen) atoms. The SMILES string of the molecule is CC/C=C/C=C/C=C/C=C/C=C/C=C/C=C/CCCCCC(=O)OCC(COCCC(C(=O)O)[N+](C)(C)C)OC(=O)CCCCC/C=C/C=C/C=C/C=C/C=C/C=C/C=C/CC. The Hall–Kier alpha value is -5.31. The van der Waals surface area contributed by atoms with Gasteiger partial charge in [0.05, 0.1) is 34.4 Å². The van der Waals surface area contributed by atoms with Crippen LogP contribution < -0.4 is 0 Å². The molecule has 0 aliphatic rings. The van der Waals surface area contributed by atoms with E-state index in [2.05, 4.69) is 38.2 Å². The maximum absolute atomic E-state index is 12.7. The molecule has 8 heteroatoms. The van der Waals surface area contributed by atoms with Crippen LogP contribution in [0, 0.1) is 0 Å². The summed E-state index contributed by atoms with van der Waals surface area (Å²) < 4.78 is 17.2. The standard InChI is InChI=1S/C54H77NO7/c1-6-8-10-12-14-16-18-20-22-24-26-28-30-32-34-36-38-40-42-44-52(56)61-49-50(48-60-47-46-51(54(58)59)55(3,4)5)62-53(57)45-43-41-39-37-35-33-31-29-27-25-23-21-19-17-15-13-11-9-7-2/h8-35,50-51H,6-7,36-49H2,1-5H3/p+1/b10-8+,11-9+,14-12+,15-13+,18-16+,19-17+,22-20+,23-21+,26-24+,27-25+,30-28+,31-29+,34-32+,35-33+. The molecule has 0 aromatic carbocycles. The fourth-order valence-electron chi connectivity index (χ4n) is 5.35. The van der Waals surface area contributed by atoms with Crippen molar-refractivity contribution in [2.75, 3.05) is 41.0 Å². The molecule has 0 amide bonds. The number of aliphatic carboxylic acids is 1. The zero-order valence-corrected chi connectivity index (χ0v) is 38.5. The number of carboxylic acids is 1. The first-order valence-electron chi connectivity index (χ1n) is 22.4. The van der Waals surface area contributed by atoms with Crippen LogP contribution in [0.25, 0.3) is 0 Å². The second kappa shape index (κ2) is 42.4. The predicted octanol–water partition coefficient (Wildman–Crippen LogP) is 12.5. The van der Waals surface area contributed by atoms with E-state index in [1.807, 2.05) is 167 Å². The largest absolute Gasteiger partial charge is 0.477 e. The van der Waals surface area contributed by atoms with Crippen LogP contribution in [-0.2, 0) is 28.6 Å². The molecule has 0 bridgehead atoms. The Morgan fingerprint density at radius 2 is 0.855 bits per heavy atom. The summed E-state index contributed by atoms with van der Waals surface area (Å²) in [7, 11) is 5.47. The molecule has 0 rings (SSSR count). The number of carbonyl (C=O) groups is 3. The maximum Gasteiger partial charge on any atom is 0.362 e. The molecule has 0 spiro atoms. The van der Waals surface area contributed by atoms with Gasteiger partial charge in [0.25, 0.3) is 0 Å². The smallest absolute Gasteiger partial charge is 0.362 e. The van der Waals surface area contributed by atoms with E-state index in [0.29, 0.717) is 19.3 Å². The van der Waals surface area contributed by atoms with E-state index in [1.165, 1.54) is 0 Å². The second-order valence-corrected chi connectivity index (χ2v) is 15.2. The molecule has 0 aliphatic heterocycles. The molecular weight excluding hydrogens is 775 g/mol. The number of unbranched alkanes of at least 4 members (excludes halogenated alkanes) is 6. The van der Waals surface area contributed by atoms with E-state index in [-0.39, 0.29) is 49.1 Å². The second-order valence-electron chi connectivity index (χ2n) is 15.2. The molecular formula is C54H78NO7+. The molecule has 1 N–H and O–H groups in total. The number of quaternary nitrogens is 1. The van der Waals surface area contributed by atoms with Crippen molar-refractivity contribution in [3.05, 3.63) is 170 Å². The first kappa shape index (κ1) is 56.7. The highest BCUT2D eigenvalue weighted by molar-refractivity contribution is 5.72. The van der Waals surface area contributed by atoms with Gasteiger partial charge in [-0.3, -0.25) is 9.59 Å². The van der Waals surface area contributed by atoms with Crippen molar-refractivity contribution in [2.24, 2.45) is 0 Å². The summed E-state index contributed by atoms with van der Waals surface area (Å²) in [6.07, 6.45) is 65.3. The molecule has 0 saturated heterocycles. The summed E-state index contributed by atoms with van der Waals surface area (Å²) in [5, 5.41) is 9.63. The number of carboxylic acid groups (broad SMARTS) is 1. The summed E-state index contributed by atoms with van der Waals surface area (Å²) >= 11 is 0. The van der Waals surface area contributed by atoms with E-state index in [1.54, 1.807) is 0 Å². The minimum Gasteiger partial charge on any atom is -0.477 e. The number of esters is 2. The Bertz CT molecular complexity index is 1600. The maximum atomic E-state index is 12.7. The highest BCUT2D eigenvalue weighted by atomic mass is 16.6. The Labute approximate surface area is 375 Å². The van der Waals surface area contributed by atoms with Gasteiger partial charge < -0.3 is 23.8 Å². The Morgan fingerprint density at radius 1 is 0.484 bits per heavy atom. The van der Waals surface area contributed by atoms with Crippen molar-refractivity contribution < 1.29 is 38.2 Å². The van der Waals surface area contributed by atoms with Gasteiger partial charge in [-0.15, -0.1) is 0 Å². The minimum atomic E-state index is -0.900. The highest BCUT2D eigenvalue weighted by Crippen LogP contribution is 2.11. The van der Waals surface area contributed by atoms with E-state index >= 15 is 0 Å². The Morgan fingerprint density at radius 3 is 1.23 bits per heavy atom. The van der Waals surface area contributed by atoms with Gasteiger partial charge in [0.2, 0.25) is 0 Å². The molecule has 8 nitrogen and oxygen atoms in total. The average Bonchev–Trinajstić information content (AvgIpc) is 3.23. The molecule has 0 aliphatic carbocycles. The number of nitrogens with zero attached hydrogens (tertiary/aromatic N) is 1. The number of rotatable bonds is 36. The number of hydrogen-bond acceptors (Lipinski definition) is 6. The van der Waals surface area contributed by atoms with Gasteiger partial charge >= 0.3 is 17.9 Å². The van der Waals surface area contributed by atoms with Gasteiger partial charge in [-0.1, -0.05) is 197 Å². The van der Waals surface area contributed by atoms with Crippen molar-refractivity contribution >= 4 is 17.9 Å². The van der Waals surface area contributed by atoms with Crippen LogP contribution in [0.3, 0.4) is 0 Å². The van der Waals surface area contributed by atoms with Gasteiger partial charge in [-0.2, -0.15) is 0 Å². The van der Waals surface area contributed by atoms with Crippen LogP contribution in [0.4, 0.5) is 0 Å². The summed E-state index contributed by atoms with van der Waals surface area (Å²) in [4.78, 5) is 37.0.